The van der Waals surface area contributed by atoms with Gasteiger partial charge in [-0.05, 0) is 42.5 Å². The summed E-state index contributed by atoms with van der Waals surface area (Å²) in [4.78, 5) is 26.8. The number of benzene rings is 2. The molecule has 1 heterocycles. The quantitative estimate of drug-likeness (QED) is 0.584. The van der Waals surface area contributed by atoms with Crippen molar-refractivity contribution in [3.63, 3.8) is 0 Å². The van der Waals surface area contributed by atoms with Crippen LogP contribution in [0.25, 0.3) is 0 Å². The molecule has 2 amide bonds. The summed E-state index contributed by atoms with van der Waals surface area (Å²) in [5.74, 6) is -0.0152. The Kier molecular flexibility index (Phi) is 7.36. The lowest BCUT2D eigenvalue weighted by Gasteiger charge is -2.36. The van der Waals surface area contributed by atoms with Gasteiger partial charge in [-0.2, -0.15) is 0 Å². The highest BCUT2D eigenvalue weighted by molar-refractivity contribution is 7.80. The smallest absolute Gasteiger partial charge is 0.243 e. The third-order valence-corrected chi connectivity index (χ3v) is 5.24. The second kappa shape index (κ2) is 9.97. The Balaban J connectivity index is 1.71. The Bertz CT molecular complexity index is 953. The SMILES string of the molecule is COc1ccccc1NC(=S)N1CCNC(=O)C1CC(=O)Nc1cc(Cl)cc(Cl)c1. The van der Waals surface area contributed by atoms with Crippen molar-refractivity contribution < 1.29 is 14.3 Å². The van der Waals surface area contributed by atoms with Gasteiger partial charge >= 0.3 is 0 Å². The van der Waals surface area contributed by atoms with Gasteiger partial charge in [0.15, 0.2) is 5.11 Å². The Morgan fingerprint density at radius 1 is 1.23 bits per heavy atom. The average molecular weight is 467 g/mol. The third-order valence-electron chi connectivity index (χ3n) is 4.47. The number of methoxy groups -OCH3 is 1. The number of thiocarbonyl (C=S) groups is 1. The van der Waals surface area contributed by atoms with Crippen LogP contribution in [0.4, 0.5) is 11.4 Å². The zero-order valence-corrected chi connectivity index (χ0v) is 18.4. The first-order valence-electron chi connectivity index (χ1n) is 9.11. The molecule has 1 atom stereocenters. The number of anilines is 2. The molecule has 0 radical (unpaired) electrons. The van der Waals surface area contributed by atoms with Crippen molar-refractivity contribution in [1.29, 1.82) is 0 Å². The predicted octanol–water partition coefficient (Wildman–Crippen LogP) is 3.53. The summed E-state index contributed by atoms with van der Waals surface area (Å²) in [5.41, 5.74) is 1.13. The molecule has 7 nitrogen and oxygen atoms in total. The molecule has 1 saturated heterocycles. The molecular weight excluding hydrogens is 447 g/mol. The highest BCUT2D eigenvalue weighted by Crippen LogP contribution is 2.25. The second-order valence-electron chi connectivity index (χ2n) is 6.54. The summed E-state index contributed by atoms with van der Waals surface area (Å²) in [6.45, 7) is 0.891. The topological polar surface area (TPSA) is 82.7 Å². The number of amides is 2. The van der Waals surface area contributed by atoms with E-state index in [-0.39, 0.29) is 18.2 Å². The molecular formula is C20H20Cl2N4O3S. The van der Waals surface area contributed by atoms with Gasteiger partial charge in [0.2, 0.25) is 11.8 Å². The molecule has 10 heteroatoms. The maximum absolute atomic E-state index is 12.6. The first-order valence-corrected chi connectivity index (χ1v) is 10.3. The summed E-state index contributed by atoms with van der Waals surface area (Å²) in [6.07, 6.45) is -0.0935. The highest BCUT2D eigenvalue weighted by atomic mass is 35.5. The number of carbonyl (C=O) groups excluding carboxylic acids is 2. The maximum atomic E-state index is 12.6. The van der Waals surface area contributed by atoms with E-state index in [4.69, 9.17) is 40.2 Å². The molecule has 1 aliphatic rings. The summed E-state index contributed by atoms with van der Waals surface area (Å²) in [6, 6.07) is 11.3. The van der Waals surface area contributed by atoms with Crippen molar-refractivity contribution in [2.75, 3.05) is 30.8 Å². The Labute approximate surface area is 189 Å². The van der Waals surface area contributed by atoms with Crippen molar-refractivity contribution in [1.82, 2.24) is 10.2 Å². The fraction of sp³-hybridized carbons (Fsp3) is 0.250. The predicted molar refractivity (Wildman–Crippen MR) is 122 cm³/mol. The van der Waals surface area contributed by atoms with Crippen LogP contribution in [0.2, 0.25) is 10.0 Å². The first-order chi connectivity index (χ1) is 14.4. The minimum absolute atomic E-state index is 0.0935. The Hall–Kier alpha value is -2.55. The molecule has 1 unspecified atom stereocenters. The van der Waals surface area contributed by atoms with Crippen LogP contribution in [-0.4, -0.2) is 48.1 Å². The van der Waals surface area contributed by atoms with E-state index < -0.39 is 6.04 Å². The van der Waals surface area contributed by atoms with E-state index in [1.54, 1.807) is 36.3 Å². The molecule has 158 valence electrons. The monoisotopic (exact) mass is 466 g/mol. The fourth-order valence-corrected chi connectivity index (χ4v) is 3.96. The maximum Gasteiger partial charge on any atom is 0.243 e. The number of rotatable bonds is 5. The lowest BCUT2D eigenvalue weighted by atomic mass is 10.1. The number of para-hydroxylation sites is 2. The van der Waals surface area contributed by atoms with Gasteiger partial charge in [-0.15, -0.1) is 0 Å². The van der Waals surface area contributed by atoms with Crippen LogP contribution in [0.5, 0.6) is 5.75 Å². The molecule has 0 saturated carbocycles. The summed E-state index contributed by atoms with van der Waals surface area (Å²) < 4.78 is 5.33. The van der Waals surface area contributed by atoms with Crippen LogP contribution in [0.1, 0.15) is 6.42 Å². The van der Waals surface area contributed by atoms with Crippen LogP contribution < -0.4 is 20.7 Å². The molecule has 3 rings (SSSR count). The van der Waals surface area contributed by atoms with Gasteiger partial charge in [-0.3, -0.25) is 9.59 Å². The lowest BCUT2D eigenvalue weighted by molar-refractivity contribution is -0.130. The third kappa shape index (κ3) is 5.53. The van der Waals surface area contributed by atoms with Crippen molar-refractivity contribution in [3.05, 3.63) is 52.5 Å². The Morgan fingerprint density at radius 3 is 2.63 bits per heavy atom. The van der Waals surface area contributed by atoms with Crippen LogP contribution in [-0.2, 0) is 9.59 Å². The van der Waals surface area contributed by atoms with E-state index in [0.29, 0.717) is 45.4 Å². The Morgan fingerprint density at radius 2 is 1.93 bits per heavy atom. The number of nitrogens with zero attached hydrogens (tertiary/aromatic N) is 1. The van der Waals surface area contributed by atoms with Crippen molar-refractivity contribution in [3.8, 4) is 5.75 Å². The van der Waals surface area contributed by atoms with Crippen LogP contribution in [0, 0.1) is 0 Å². The van der Waals surface area contributed by atoms with Crippen molar-refractivity contribution >= 4 is 63.7 Å². The average Bonchev–Trinajstić information content (AvgIpc) is 2.69. The molecule has 0 spiro atoms. The summed E-state index contributed by atoms with van der Waals surface area (Å²) in [5, 5.41) is 9.73. The van der Waals surface area contributed by atoms with Crippen LogP contribution in [0.15, 0.2) is 42.5 Å². The van der Waals surface area contributed by atoms with E-state index in [9.17, 15) is 9.59 Å². The molecule has 0 aliphatic carbocycles. The number of ether oxygens (including phenoxy) is 1. The van der Waals surface area contributed by atoms with Crippen LogP contribution >= 0.6 is 35.4 Å². The van der Waals surface area contributed by atoms with Gasteiger partial charge in [0.05, 0.1) is 19.2 Å². The molecule has 1 aliphatic heterocycles. The van der Waals surface area contributed by atoms with Gasteiger partial charge in [-0.1, -0.05) is 35.3 Å². The molecule has 0 bridgehead atoms. The first kappa shape index (κ1) is 22.1. The van der Waals surface area contributed by atoms with E-state index in [1.807, 2.05) is 18.2 Å². The van der Waals surface area contributed by atoms with Gasteiger partial charge in [-0.25, -0.2) is 0 Å². The van der Waals surface area contributed by atoms with E-state index in [1.165, 1.54) is 0 Å². The largest absolute Gasteiger partial charge is 0.495 e. The highest BCUT2D eigenvalue weighted by Gasteiger charge is 2.33. The molecule has 0 aromatic heterocycles. The van der Waals surface area contributed by atoms with Crippen LogP contribution in [0.3, 0.4) is 0 Å². The second-order valence-corrected chi connectivity index (χ2v) is 7.80. The molecule has 3 N–H and O–H groups in total. The zero-order valence-electron chi connectivity index (χ0n) is 16.1. The number of nitrogens with one attached hydrogen (secondary N) is 3. The number of hydrogen-bond acceptors (Lipinski definition) is 4. The van der Waals surface area contributed by atoms with Gasteiger partial charge < -0.3 is 25.6 Å². The minimum atomic E-state index is -0.761. The fourth-order valence-electron chi connectivity index (χ4n) is 3.11. The van der Waals surface area contributed by atoms with E-state index in [0.717, 1.165) is 0 Å². The minimum Gasteiger partial charge on any atom is -0.495 e. The van der Waals surface area contributed by atoms with Gasteiger partial charge in [0.25, 0.3) is 0 Å². The number of halogens is 2. The number of piperazine rings is 1. The van der Waals surface area contributed by atoms with Gasteiger partial charge in [0, 0.05) is 28.8 Å². The van der Waals surface area contributed by atoms with E-state index in [2.05, 4.69) is 16.0 Å². The summed E-state index contributed by atoms with van der Waals surface area (Å²) >= 11 is 17.5. The van der Waals surface area contributed by atoms with Crippen molar-refractivity contribution in [2.24, 2.45) is 0 Å². The molecule has 1 fully saturated rings. The van der Waals surface area contributed by atoms with E-state index >= 15 is 0 Å². The molecule has 2 aromatic rings. The standard InChI is InChI=1S/C20H20Cl2N4O3S/c1-29-17-5-3-2-4-15(17)25-20(30)26-7-6-23-19(28)16(26)11-18(27)24-14-9-12(21)8-13(22)10-14/h2-5,8-10,16H,6-7,11H2,1H3,(H,23,28)(H,24,27)(H,25,30). The number of hydrogen-bond donors (Lipinski definition) is 3. The van der Waals surface area contributed by atoms with Crippen molar-refractivity contribution in [2.45, 2.75) is 12.5 Å². The molecule has 2 aromatic carbocycles. The molecule has 30 heavy (non-hydrogen) atoms. The normalized spacial score (nSPS) is 15.9. The zero-order chi connectivity index (χ0) is 21.7. The summed E-state index contributed by atoms with van der Waals surface area (Å²) in [7, 11) is 1.56. The lowest BCUT2D eigenvalue weighted by Crippen LogP contribution is -2.58. The number of carbonyl (C=O) groups is 2. The van der Waals surface area contributed by atoms with Gasteiger partial charge in [0.1, 0.15) is 11.8 Å².